The summed E-state index contributed by atoms with van der Waals surface area (Å²) in [6.07, 6.45) is 3.14. The highest BCUT2D eigenvalue weighted by molar-refractivity contribution is 5.95. The van der Waals surface area contributed by atoms with Crippen LogP contribution in [0.4, 0.5) is 5.69 Å². The van der Waals surface area contributed by atoms with E-state index in [2.05, 4.69) is 10.3 Å². The van der Waals surface area contributed by atoms with Crippen LogP contribution < -0.4 is 11.1 Å². The zero-order valence-electron chi connectivity index (χ0n) is 10.4. The summed E-state index contributed by atoms with van der Waals surface area (Å²) in [6, 6.07) is 6.90. The first kappa shape index (κ1) is 12.6. The lowest BCUT2D eigenvalue weighted by atomic mass is 10.1. The molecule has 2 rings (SSSR count). The summed E-state index contributed by atoms with van der Waals surface area (Å²) in [5, 5.41) is 11.7. The van der Waals surface area contributed by atoms with Gasteiger partial charge in [0.25, 0.3) is 5.91 Å². The predicted molar refractivity (Wildman–Crippen MR) is 70.7 cm³/mol. The van der Waals surface area contributed by atoms with Crippen molar-refractivity contribution in [1.29, 1.82) is 5.26 Å². The van der Waals surface area contributed by atoms with Crippen molar-refractivity contribution in [1.82, 2.24) is 14.9 Å². The van der Waals surface area contributed by atoms with Crippen molar-refractivity contribution in [3.05, 3.63) is 42.0 Å². The second-order valence-corrected chi connectivity index (χ2v) is 3.87. The Labute approximate surface area is 110 Å². The number of aromatic nitrogens is 2. The number of amides is 1. The topological polar surface area (TPSA) is 96.7 Å². The summed E-state index contributed by atoms with van der Waals surface area (Å²) in [4.78, 5) is 15.7. The number of nitrogens with zero attached hydrogens (tertiary/aromatic N) is 3. The number of hydrogen-bond donors (Lipinski definition) is 2. The normalized spacial score (nSPS) is 9.89. The zero-order chi connectivity index (χ0) is 13.8. The third kappa shape index (κ3) is 2.40. The van der Waals surface area contributed by atoms with Crippen LogP contribution in [0.2, 0.25) is 0 Å². The first-order valence-corrected chi connectivity index (χ1v) is 5.79. The molecule has 3 N–H and O–H groups in total. The first-order chi connectivity index (χ1) is 9.17. The van der Waals surface area contributed by atoms with Crippen LogP contribution in [0.15, 0.2) is 30.6 Å². The maximum absolute atomic E-state index is 11.8. The Hall–Kier alpha value is -2.81. The summed E-state index contributed by atoms with van der Waals surface area (Å²) in [6.45, 7) is 2.40. The minimum atomic E-state index is -0.178. The number of nitrogens with one attached hydrogen (secondary N) is 1. The van der Waals surface area contributed by atoms with Gasteiger partial charge < -0.3 is 11.1 Å². The largest absolute Gasteiger partial charge is 0.397 e. The second-order valence-electron chi connectivity index (χ2n) is 3.87. The van der Waals surface area contributed by atoms with E-state index in [9.17, 15) is 4.79 Å². The fourth-order valence-corrected chi connectivity index (χ4v) is 1.74. The number of anilines is 1. The molecule has 0 spiro atoms. The molecule has 0 fully saturated rings. The number of nitrogen functional groups attached to an aromatic ring is 1. The van der Waals surface area contributed by atoms with E-state index in [0.29, 0.717) is 23.5 Å². The second kappa shape index (κ2) is 5.23. The number of carbonyl (C=O) groups is 1. The van der Waals surface area contributed by atoms with Gasteiger partial charge in [0.15, 0.2) is 0 Å². The van der Waals surface area contributed by atoms with Crippen LogP contribution >= 0.6 is 0 Å². The van der Waals surface area contributed by atoms with Gasteiger partial charge in [0.2, 0.25) is 5.82 Å². The Morgan fingerprint density at radius 2 is 2.37 bits per heavy atom. The third-order valence-electron chi connectivity index (χ3n) is 2.63. The van der Waals surface area contributed by atoms with Gasteiger partial charge in [0, 0.05) is 24.5 Å². The summed E-state index contributed by atoms with van der Waals surface area (Å²) < 4.78 is 1.55. The zero-order valence-corrected chi connectivity index (χ0v) is 10.4. The number of nitrogens with two attached hydrogens (primary N) is 1. The Morgan fingerprint density at radius 1 is 1.58 bits per heavy atom. The van der Waals surface area contributed by atoms with Crippen LogP contribution in [-0.4, -0.2) is 22.0 Å². The molecule has 0 saturated heterocycles. The van der Waals surface area contributed by atoms with Crippen molar-refractivity contribution < 1.29 is 4.79 Å². The van der Waals surface area contributed by atoms with Crippen molar-refractivity contribution in [3.8, 4) is 11.8 Å². The molecule has 0 bridgehead atoms. The Bertz CT molecular complexity index is 653. The standard InChI is InChI=1S/C13H13N5O/c1-2-16-13(19)9-3-4-10(15)11(7-9)18-6-5-17-12(18)8-14/h3-7H,2,15H2,1H3,(H,16,19). The molecule has 0 saturated carbocycles. The molecule has 6 nitrogen and oxygen atoms in total. The number of imidazole rings is 1. The van der Waals surface area contributed by atoms with E-state index in [1.165, 1.54) is 6.20 Å². The van der Waals surface area contributed by atoms with Crippen LogP contribution in [-0.2, 0) is 0 Å². The molecule has 0 unspecified atom stereocenters. The molecular weight excluding hydrogens is 242 g/mol. The molecule has 0 aliphatic heterocycles. The quantitative estimate of drug-likeness (QED) is 0.802. The molecule has 0 aliphatic rings. The smallest absolute Gasteiger partial charge is 0.251 e. The molecule has 19 heavy (non-hydrogen) atoms. The predicted octanol–water partition coefficient (Wildman–Crippen LogP) is 1.08. The van der Waals surface area contributed by atoms with Gasteiger partial charge in [-0.25, -0.2) is 4.98 Å². The Morgan fingerprint density at radius 3 is 3.05 bits per heavy atom. The lowest BCUT2D eigenvalue weighted by Crippen LogP contribution is -2.22. The van der Waals surface area contributed by atoms with Gasteiger partial charge in [-0.1, -0.05) is 0 Å². The SMILES string of the molecule is CCNC(=O)c1ccc(N)c(-n2ccnc2C#N)c1. The lowest BCUT2D eigenvalue weighted by molar-refractivity contribution is 0.0956. The molecule has 1 aromatic carbocycles. The monoisotopic (exact) mass is 255 g/mol. The first-order valence-electron chi connectivity index (χ1n) is 5.79. The van der Waals surface area contributed by atoms with Gasteiger partial charge in [-0.3, -0.25) is 9.36 Å². The van der Waals surface area contributed by atoms with Crippen molar-refractivity contribution in [2.24, 2.45) is 0 Å². The number of nitriles is 1. The number of hydrogen-bond acceptors (Lipinski definition) is 4. The minimum absolute atomic E-state index is 0.178. The summed E-state index contributed by atoms with van der Waals surface area (Å²) in [5.74, 6) is 0.0436. The Kier molecular flexibility index (Phi) is 3.48. The van der Waals surface area contributed by atoms with Gasteiger partial charge in [-0.15, -0.1) is 0 Å². The van der Waals surface area contributed by atoms with E-state index in [-0.39, 0.29) is 11.7 Å². The molecule has 0 aliphatic carbocycles. The maximum atomic E-state index is 11.8. The highest BCUT2D eigenvalue weighted by Gasteiger charge is 2.11. The average molecular weight is 255 g/mol. The van der Waals surface area contributed by atoms with E-state index in [4.69, 9.17) is 11.0 Å². The van der Waals surface area contributed by atoms with Crippen molar-refractivity contribution in [2.75, 3.05) is 12.3 Å². The number of carbonyl (C=O) groups excluding carboxylic acids is 1. The Balaban J connectivity index is 2.49. The number of benzene rings is 1. The summed E-state index contributed by atoms with van der Waals surface area (Å²) >= 11 is 0. The molecule has 1 amide bonds. The summed E-state index contributed by atoms with van der Waals surface area (Å²) in [7, 11) is 0. The van der Waals surface area contributed by atoms with Gasteiger partial charge in [-0.2, -0.15) is 5.26 Å². The van der Waals surface area contributed by atoms with Gasteiger partial charge >= 0.3 is 0 Å². The van der Waals surface area contributed by atoms with Crippen LogP contribution in [0.25, 0.3) is 5.69 Å². The van der Waals surface area contributed by atoms with Crippen LogP contribution in [0, 0.1) is 11.3 Å². The summed E-state index contributed by atoms with van der Waals surface area (Å²) in [5.41, 5.74) is 7.42. The minimum Gasteiger partial charge on any atom is -0.397 e. The van der Waals surface area contributed by atoms with Gasteiger partial charge in [0.1, 0.15) is 6.07 Å². The molecule has 6 heteroatoms. The fourth-order valence-electron chi connectivity index (χ4n) is 1.74. The average Bonchev–Trinajstić information content (AvgIpc) is 2.87. The highest BCUT2D eigenvalue weighted by atomic mass is 16.1. The molecule has 2 aromatic rings. The van der Waals surface area contributed by atoms with Crippen molar-refractivity contribution in [3.63, 3.8) is 0 Å². The molecular formula is C13H13N5O. The van der Waals surface area contributed by atoms with Crippen molar-refractivity contribution in [2.45, 2.75) is 6.92 Å². The van der Waals surface area contributed by atoms with Crippen LogP contribution in [0.1, 0.15) is 23.1 Å². The van der Waals surface area contributed by atoms with Crippen LogP contribution in [0.5, 0.6) is 0 Å². The van der Waals surface area contributed by atoms with Crippen molar-refractivity contribution >= 4 is 11.6 Å². The van der Waals surface area contributed by atoms with Gasteiger partial charge in [-0.05, 0) is 25.1 Å². The number of rotatable bonds is 3. The maximum Gasteiger partial charge on any atom is 0.251 e. The molecule has 0 radical (unpaired) electrons. The lowest BCUT2D eigenvalue weighted by Gasteiger charge is -2.10. The fraction of sp³-hybridized carbons (Fsp3) is 0.154. The van der Waals surface area contributed by atoms with E-state index >= 15 is 0 Å². The van der Waals surface area contributed by atoms with E-state index < -0.39 is 0 Å². The molecule has 96 valence electrons. The van der Waals surface area contributed by atoms with E-state index in [1.54, 1.807) is 29.0 Å². The molecule has 0 atom stereocenters. The van der Waals surface area contributed by atoms with Gasteiger partial charge in [0.05, 0.1) is 11.4 Å². The molecule has 1 aromatic heterocycles. The van der Waals surface area contributed by atoms with Crippen LogP contribution in [0.3, 0.4) is 0 Å². The van der Waals surface area contributed by atoms with E-state index in [1.807, 2.05) is 13.0 Å². The molecule has 1 heterocycles. The third-order valence-corrected chi connectivity index (χ3v) is 2.63. The van der Waals surface area contributed by atoms with E-state index in [0.717, 1.165) is 0 Å². The highest BCUT2D eigenvalue weighted by Crippen LogP contribution is 2.20.